The van der Waals surface area contributed by atoms with Gasteiger partial charge in [-0.15, -0.1) is 0 Å². The zero-order chi connectivity index (χ0) is 17.6. The summed E-state index contributed by atoms with van der Waals surface area (Å²) in [6.07, 6.45) is 0.725. The Morgan fingerprint density at radius 1 is 1.12 bits per heavy atom. The smallest absolute Gasteiger partial charge is 0.191 e. The van der Waals surface area contributed by atoms with E-state index >= 15 is 0 Å². The maximum absolute atomic E-state index is 5.62. The molecule has 6 nitrogen and oxygen atoms in total. The Morgan fingerprint density at radius 3 is 2.72 bits per heavy atom. The summed E-state index contributed by atoms with van der Waals surface area (Å²) in [5.41, 5.74) is 5.57. The number of fused-ring (bicyclic) bond motifs is 1. The number of hydrogen-bond acceptors (Lipinski definition) is 5. The Bertz CT molecular complexity index is 808. The van der Waals surface area contributed by atoms with Gasteiger partial charge < -0.3 is 19.5 Å². The summed E-state index contributed by atoms with van der Waals surface area (Å²) in [5.74, 6) is 2.12. The number of hydrazone groups is 1. The topological polar surface area (TPSA) is 64.1 Å². The number of methoxy groups -OCH3 is 2. The average molecular weight is 357 g/mol. The first-order valence-electron chi connectivity index (χ1n) is 7.79. The molecule has 1 aliphatic rings. The molecule has 0 unspecified atom stereocenters. The largest absolute Gasteiger partial charge is 0.493 e. The highest BCUT2D eigenvalue weighted by Gasteiger charge is 2.16. The Labute approximate surface area is 151 Å². The van der Waals surface area contributed by atoms with Crippen molar-refractivity contribution in [1.82, 2.24) is 5.43 Å². The fraction of sp³-hybridized carbons (Fsp3) is 0.222. The fourth-order valence-corrected chi connectivity index (χ4v) is 2.69. The molecular weight excluding hydrogens is 338 g/mol. The van der Waals surface area contributed by atoms with Gasteiger partial charge in [0.1, 0.15) is 5.75 Å². The van der Waals surface area contributed by atoms with Gasteiger partial charge in [-0.05, 0) is 36.5 Å². The molecule has 1 aliphatic heterocycles. The number of anilines is 1. The van der Waals surface area contributed by atoms with E-state index in [9.17, 15) is 0 Å². The van der Waals surface area contributed by atoms with E-state index in [4.69, 9.17) is 26.4 Å². The minimum Gasteiger partial charge on any atom is -0.493 e. The molecule has 2 aromatic rings. The van der Waals surface area contributed by atoms with Crippen LogP contribution in [0.15, 0.2) is 47.6 Å². The summed E-state index contributed by atoms with van der Waals surface area (Å²) >= 11 is 5.31. The standard InChI is InChI=1S/C18H19N3O3S/c1-22-16-8-7-12(11-17(16)23-2)19-18(25)21-20-14-9-10-24-15-6-4-3-5-13(14)15/h3-8,11H,9-10H2,1-2H3,(H2,19,21,25). The summed E-state index contributed by atoms with van der Waals surface area (Å²) in [6, 6.07) is 13.3. The second kappa shape index (κ2) is 7.85. The van der Waals surface area contributed by atoms with E-state index in [0.717, 1.165) is 29.1 Å². The lowest BCUT2D eigenvalue weighted by Gasteiger charge is -2.19. The van der Waals surface area contributed by atoms with Crippen molar-refractivity contribution >= 4 is 28.7 Å². The van der Waals surface area contributed by atoms with Crippen LogP contribution in [0.1, 0.15) is 12.0 Å². The molecule has 0 amide bonds. The summed E-state index contributed by atoms with van der Waals surface area (Å²) in [7, 11) is 3.19. The number of rotatable bonds is 4. The van der Waals surface area contributed by atoms with Crippen LogP contribution in [0.2, 0.25) is 0 Å². The van der Waals surface area contributed by atoms with Gasteiger partial charge >= 0.3 is 0 Å². The number of benzene rings is 2. The predicted octanol–water partition coefficient (Wildman–Crippen LogP) is 3.18. The number of nitrogens with one attached hydrogen (secondary N) is 2. The van der Waals surface area contributed by atoms with Crippen molar-refractivity contribution in [1.29, 1.82) is 0 Å². The van der Waals surface area contributed by atoms with Gasteiger partial charge in [-0.1, -0.05) is 12.1 Å². The van der Waals surface area contributed by atoms with Gasteiger partial charge in [-0.25, -0.2) is 0 Å². The molecule has 25 heavy (non-hydrogen) atoms. The van der Waals surface area contributed by atoms with Crippen molar-refractivity contribution < 1.29 is 14.2 Å². The highest BCUT2D eigenvalue weighted by atomic mass is 32.1. The van der Waals surface area contributed by atoms with Crippen molar-refractivity contribution in [2.45, 2.75) is 6.42 Å². The average Bonchev–Trinajstić information content (AvgIpc) is 2.66. The van der Waals surface area contributed by atoms with E-state index in [0.29, 0.717) is 23.2 Å². The van der Waals surface area contributed by atoms with E-state index in [1.807, 2.05) is 42.5 Å². The van der Waals surface area contributed by atoms with Crippen LogP contribution >= 0.6 is 12.2 Å². The third-order valence-electron chi connectivity index (χ3n) is 3.73. The lowest BCUT2D eigenvalue weighted by molar-refractivity contribution is 0.320. The maximum atomic E-state index is 5.62. The van der Waals surface area contributed by atoms with E-state index < -0.39 is 0 Å². The molecule has 1 heterocycles. The monoisotopic (exact) mass is 357 g/mol. The van der Waals surface area contributed by atoms with Gasteiger partial charge in [0.25, 0.3) is 0 Å². The summed E-state index contributed by atoms with van der Waals surface area (Å²) in [4.78, 5) is 0. The zero-order valence-corrected chi connectivity index (χ0v) is 14.9. The van der Waals surface area contributed by atoms with Crippen LogP contribution < -0.4 is 25.0 Å². The lowest BCUT2D eigenvalue weighted by Crippen LogP contribution is -2.27. The first-order chi connectivity index (χ1) is 12.2. The van der Waals surface area contributed by atoms with E-state index in [2.05, 4.69) is 15.8 Å². The third-order valence-corrected chi connectivity index (χ3v) is 3.92. The van der Waals surface area contributed by atoms with E-state index in [1.165, 1.54) is 0 Å². The van der Waals surface area contributed by atoms with Crippen LogP contribution in [-0.4, -0.2) is 31.7 Å². The van der Waals surface area contributed by atoms with Gasteiger partial charge in [-0.3, -0.25) is 5.43 Å². The minimum atomic E-state index is 0.392. The van der Waals surface area contributed by atoms with Gasteiger partial charge in [-0.2, -0.15) is 5.10 Å². The van der Waals surface area contributed by atoms with Gasteiger partial charge in [0.05, 0.1) is 26.5 Å². The van der Waals surface area contributed by atoms with Gasteiger partial charge in [0.15, 0.2) is 16.6 Å². The Kier molecular flexibility index (Phi) is 5.35. The number of nitrogens with zero attached hydrogens (tertiary/aromatic N) is 1. The van der Waals surface area contributed by atoms with Gasteiger partial charge in [0, 0.05) is 23.7 Å². The molecule has 2 N–H and O–H groups in total. The second-order valence-corrected chi connectivity index (χ2v) is 5.70. The summed E-state index contributed by atoms with van der Waals surface area (Å²) in [5, 5.41) is 7.89. The SMILES string of the molecule is COc1ccc(NC(=S)NN=C2CCOc3ccccc32)cc1OC. The van der Waals surface area contributed by atoms with Gasteiger partial charge in [0.2, 0.25) is 0 Å². The summed E-state index contributed by atoms with van der Waals surface area (Å²) < 4.78 is 16.1. The number of hydrogen-bond donors (Lipinski definition) is 2. The first-order valence-corrected chi connectivity index (χ1v) is 8.20. The molecule has 0 saturated heterocycles. The molecule has 0 saturated carbocycles. The van der Waals surface area contributed by atoms with E-state index in [-0.39, 0.29) is 0 Å². The zero-order valence-electron chi connectivity index (χ0n) is 14.0. The molecule has 0 aliphatic carbocycles. The lowest BCUT2D eigenvalue weighted by atomic mass is 10.0. The Morgan fingerprint density at radius 2 is 1.92 bits per heavy atom. The van der Waals surface area contributed by atoms with Crippen molar-refractivity contribution in [3.63, 3.8) is 0 Å². The first kappa shape index (κ1) is 17.0. The molecule has 0 fully saturated rings. The maximum Gasteiger partial charge on any atom is 0.191 e. The van der Waals surface area contributed by atoms with Crippen molar-refractivity contribution in [3.8, 4) is 17.2 Å². The number of thiocarbonyl (C=S) groups is 1. The number of ether oxygens (including phenoxy) is 3. The van der Waals surface area contributed by atoms with Crippen LogP contribution in [0.3, 0.4) is 0 Å². The summed E-state index contributed by atoms with van der Waals surface area (Å²) in [6.45, 7) is 0.605. The molecule has 0 atom stereocenters. The molecule has 0 aromatic heterocycles. The molecule has 130 valence electrons. The van der Waals surface area contributed by atoms with Crippen molar-refractivity contribution in [2.24, 2.45) is 5.10 Å². The quantitative estimate of drug-likeness (QED) is 0.647. The fourth-order valence-electron chi connectivity index (χ4n) is 2.53. The normalized spacial score (nSPS) is 14.2. The van der Waals surface area contributed by atoms with Crippen LogP contribution in [0.25, 0.3) is 0 Å². The molecule has 0 bridgehead atoms. The van der Waals surface area contributed by atoms with Crippen LogP contribution in [0.4, 0.5) is 5.69 Å². The second-order valence-electron chi connectivity index (χ2n) is 5.29. The minimum absolute atomic E-state index is 0.392. The molecule has 3 rings (SSSR count). The van der Waals surface area contributed by atoms with Crippen LogP contribution in [-0.2, 0) is 0 Å². The Hall–Kier alpha value is -2.80. The van der Waals surface area contributed by atoms with Crippen molar-refractivity contribution in [2.75, 3.05) is 26.1 Å². The number of para-hydroxylation sites is 1. The molecule has 2 aromatic carbocycles. The predicted molar refractivity (Wildman–Crippen MR) is 102 cm³/mol. The molecule has 0 spiro atoms. The van der Waals surface area contributed by atoms with E-state index in [1.54, 1.807) is 14.2 Å². The van der Waals surface area contributed by atoms with Crippen LogP contribution in [0, 0.1) is 0 Å². The highest BCUT2D eigenvalue weighted by molar-refractivity contribution is 7.80. The highest BCUT2D eigenvalue weighted by Crippen LogP contribution is 2.29. The van der Waals surface area contributed by atoms with Crippen molar-refractivity contribution in [3.05, 3.63) is 48.0 Å². The third kappa shape index (κ3) is 4.00. The molecule has 7 heteroatoms. The Balaban J connectivity index is 1.68. The molecular formula is C18H19N3O3S. The molecule has 0 radical (unpaired) electrons. The van der Waals surface area contributed by atoms with Crippen LogP contribution in [0.5, 0.6) is 17.2 Å².